The fourth-order valence-corrected chi connectivity index (χ4v) is 2.57. The molecule has 2 atom stereocenters. The lowest BCUT2D eigenvalue weighted by Crippen LogP contribution is -2.51. The Morgan fingerprint density at radius 3 is 2.81 bits per heavy atom. The Bertz CT molecular complexity index is 182. The van der Waals surface area contributed by atoms with Crippen LogP contribution in [0.5, 0.6) is 0 Å². The summed E-state index contributed by atoms with van der Waals surface area (Å²) in [7, 11) is 4.32. The van der Waals surface area contributed by atoms with E-state index in [1.165, 1.54) is 45.4 Å². The molecule has 0 spiro atoms. The van der Waals surface area contributed by atoms with E-state index in [2.05, 4.69) is 43.1 Å². The number of likely N-dealkylation sites (tertiary alicyclic amines) is 1. The summed E-state index contributed by atoms with van der Waals surface area (Å²) in [6, 6.07) is 1.40. The molecule has 1 aliphatic rings. The van der Waals surface area contributed by atoms with E-state index in [-0.39, 0.29) is 0 Å². The van der Waals surface area contributed by atoms with Crippen molar-refractivity contribution in [2.45, 2.75) is 45.2 Å². The Morgan fingerprint density at radius 1 is 1.44 bits per heavy atom. The molecule has 0 saturated carbocycles. The zero-order valence-electron chi connectivity index (χ0n) is 11.5. The summed E-state index contributed by atoms with van der Waals surface area (Å²) < 4.78 is 0. The predicted octanol–water partition coefficient (Wildman–Crippen LogP) is 1.40. The van der Waals surface area contributed by atoms with Gasteiger partial charge in [-0.15, -0.1) is 0 Å². The summed E-state index contributed by atoms with van der Waals surface area (Å²) in [6.45, 7) is 9.43. The highest BCUT2D eigenvalue weighted by molar-refractivity contribution is 4.81. The Labute approximate surface area is 101 Å². The third-order valence-corrected chi connectivity index (χ3v) is 3.39. The number of hydrogen-bond donors (Lipinski definition) is 1. The van der Waals surface area contributed by atoms with Crippen molar-refractivity contribution in [2.75, 3.05) is 40.3 Å². The number of nitrogens with one attached hydrogen (secondary N) is 1. The Balaban J connectivity index is 2.31. The number of hydrogen-bond acceptors (Lipinski definition) is 3. The largest absolute Gasteiger partial charge is 0.313 e. The van der Waals surface area contributed by atoms with Gasteiger partial charge in [0.05, 0.1) is 0 Å². The fourth-order valence-electron chi connectivity index (χ4n) is 2.57. The van der Waals surface area contributed by atoms with Crippen LogP contribution in [0.2, 0.25) is 0 Å². The maximum atomic E-state index is 3.65. The van der Waals surface area contributed by atoms with E-state index >= 15 is 0 Å². The van der Waals surface area contributed by atoms with Gasteiger partial charge in [-0.2, -0.15) is 0 Å². The molecule has 1 N–H and O–H groups in total. The van der Waals surface area contributed by atoms with Crippen molar-refractivity contribution >= 4 is 0 Å². The summed E-state index contributed by atoms with van der Waals surface area (Å²) in [6.07, 6.45) is 3.94. The van der Waals surface area contributed by atoms with Gasteiger partial charge in [0.15, 0.2) is 0 Å². The van der Waals surface area contributed by atoms with Gasteiger partial charge in [0.25, 0.3) is 0 Å². The number of piperidine rings is 1. The van der Waals surface area contributed by atoms with Crippen molar-refractivity contribution in [1.82, 2.24) is 15.1 Å². The van der Waals surface area contributed by atoms with Crippen LogP contribution < -0.4 is 5.32 Å². The molecular weight excluding hydrogens is 198 g/mol. The summed E-state index contributed by atoms with van der Waals surface area (Å²) in [5.41, 5.74) is 0. The Hall–Kier alpha value is -0.120. The highest BCUT2D eigenvalue weighted by Gasteiger charge is 2.22. The van der Waals surface area contributed by atoms with Crippen LogP contribution >= 0.6 is 0 Å². The highest BCUT2D eigenvalue weighted by Crippen LogP contribution is 2.13. The van der Waals surface area contributed by atoms with Crippen LogP contribution in [0, 0.1) is 0 Å². The standard InChI is InChI=1S/C13H29N3/c1-5-8-14-13-7-6-9-16(11-13)12(2)10-15(3)4/h12-14H,5-11H2,1-4H3. The summed E-state index contributed by atoms with van der Waals surface area (Å²) in [5.74, 6) is 0. The van der Waals surface area contributed by atoms with Gasteiger partial charge in [0.1, 0.15) is 0 Å². The zero-order chi connectivity index (χ0) is 12.0. The van der Waals surface area contributed by atoms with Crippen LogP contribution in [0.4, 0.5) is 0 Å². The average molecular weight is 227 g/mol. The van der Waals surface area contributed by atoms with Gasteiger partial charge in [0.2, 0.25) is 0 Å². The van der Waals surface area contributed by atoms with Crippen LogP contribution in [0.3, 0.4) is 0 Å². The molecule has 1 heterocycles. The highest BCUT2D eigenvalue weighted by atomic mass is 15.2. The average Bonchev–Trinajstić information content (AvgIpc) is 2.26. The van der Waals surface area contributed by atoms with Crippen LogP contribution in [0.1, 0.15) is 33.1 Å². The van der Waals surface area contributed by atoms with Crippen molar-refractivity contribution in [3.8, 4) is 0 Å². The molecule has 0 amide bonds. The van der Waals surface area contributed by atoms with Crippen LogP contribution in [-0.2, 0) is 0 Å². The zero-order valence-corrected chi connectivity index (χ0v) is 11.5. The summed E-state index contributed by atoms with van der Waals surface area (Å²) >= 11 is 0. The van der Waals surface area contributed by atoms with E-state index in [0.717, 1.165) is 6.04 Å². The molecule has 0 radical (unpaired) electrons. The van der Waals surface area contributed by atoms with Crippen LogP contribution in [-0.4, -0.2) is 62.2 Å². The topological polar surface area (TPSA) is 18.5 Å². The molecule has 16 heavy (non-hydrogen) atoms. The first-order chi connectivity index (χ1) is 7.63. The molecule has 3 heteroatoms. The van der Waals surface area contributed by atoms with Crippen molar-refractivity contribution in [2.24, 2.45) is 0 Å². The summed E-state index contributed by atoms with van der Waals surface area (Å²) in [5, 5.41) is 3.65. The maximum absolute atomic E-state index is 3.65. The van der Waals surface area contributed by atoms with Gasteiger partial charge < -0.3 is 10.2 Å². The first-order valence-corrected chi connectivity index (χ1v) is 6.75. The fraction of sp³-hybridized carbons (Fsp3) is 1.00. The third kappa shape index (κ3) is 4.81. The Morgan fingerprint density at radius 2 is 2.19 bits per heavy atom. The lowest BCUT2D eigenvalue weighted by atomic mass is 10.0. The number of rotatable bonds is 6. The monoisotopic (exact) mass is 227 g/mol. The quantitative estimate of drug-likeness (QED) is 0.740. The van der Waals surface area contributed by atoms with Gasteiger partial charge in [-0.3, -0.25) is 4.90 Å². The van der Waals surface area contributed by atoms with Crippen LogP contribution in [0.25, 0.3) is 0 Å². The smallest absolute Gasteiger partial charge is 0.0195 e. The SMILES string of the molecule is CCCNC1CCCN(C(C)CN(C)C)C1. The predicted molar refractivity (Wildman–Crippen MR) is 70.9 cm³/mol. The molecule has 2 unspecified atom stereocenters. The van der Waals surface area contributed by atoms with Gasteiger partial charge in [-0.05, 0) is 53.4 Å². The molecule has 0 aromatic carbocycles. The van der Waals surface area contributed by atoms with Gasteiger partial charge >= 0.3 is 0 Å². The molecule has 0 bridgehead atoms. The second-order valence-corrected chi connectivity index (χ2v) is 5.40. The van der Waals surface area contributed by atoms with E-state index in [9.17, 15) is 0 Å². The van der Waals surface area contributed by atoms with E-state index in [1.54, 1.807) is 0 Å². The number of likely N-dealkylation sites (N-methyl/N-ethyl adjacent to an activating group) is 1. The minimum Gasteiger partial charge on any atom is -0.313 e. The third-order valence-electron chi connectivity index (χ3n) is 3.39. The van der Waals surface area contributed by atoms with Crippen molar-refractivity contribution in [3.05, 3.63) is 0 Å². The minimum absolute atomic E-state index is 0.682. The lowest BCUT2D eigenvalue weighted by molar-refractivity contribution is 0.125. The van der Waals surface area contributed by atoms with E-state index in [1.807, 2.05) is 0 Å². The maximum Gasteiger partial charge on any atom is 0.0195 e. The van der Waals surface area contributed by atoms with E-state index < -0.39 is 0 Å². The lowest BCUT2D eigenvalue weighted by Gasteiger charge is -2.38. The normalized spacial score (nSPS) is 24.9. The molecule has 1 rings (SSSR count). The van der Waals surface area contributed by atoms with Gasteiger partial charge in [-0.1, -0.05) is 6.92 Å². The second-order valence-electron chi connectivity index (χ2n) is 5.40. The molecule has 1 aliphatic heterocycles. The first-order valence-electron chi connectivity index (χ1n) is 6.75. The van der Waals surface area contributed by atoms with E-state index in [0.29, 0.717) is 6.04 Å². The molecular formula is C13H29N3. The van der Waals surface area contributed by atoms with Crippen molar-refractivity contribution in [1.29, 1.82) is 0 Å². The van der Waals surface area contributed by atoms with Gasteiger partial charge in [-0.25, -0.2) is 0 Å². The van der Waals surface area contributed by atoms with Gasteiger partial charge in [0, 0.05) is 25.2 Å². The molecule has 3 nitrogen and oxygen atoms in total. The van der Waals surface area contributed by atoms with Crippen LogP contribution in [0.15, 0.2) is 0 Å². The van der Waals surface area contributed by atoms with Crippen molar-refractivity contribution < 1.29 is 0 Å². The Kier molecular flexibility index (Phi) is 6.32. The van der Waals surface area contributed by atoms with E-state index in [4.69, 9.17) is 0 Å². The second kappa shape index (κ2) is 7.25. The number of nitrogens with zero attached hydrogens (tertiary/aromatic N) is 2. The molecule has 0 aliphatic carbocycles. The first kappa shape index (κ1) is 13.9. The summed E-state index contributed by atoms with van der Waals surface area (Å²) in [4.78, 5) is 4.92. The molecule has 0 aromatic rings. The minimum atomic E-state index is 0.682. The molecule has 1 fully saturated rings. The molecule has 96 valence electrons. The molecule has 0 aromatic heterocycles. The molecule has 1 saturated heterocycles. The van der Waals surface area contributed by atoms with Crippen molar-refractivity contribution in [3.63, 3.8) is 0 Å².